The summed E-state index contributed by atoms with van der Waals surface area (Å²) in [4.78, 5) is 25.8. The summed E-state index contributed by atoms with van der Waals surface area (Å²) in [5.74, 6) is 1.46. The van der Waals surface area contributed by atoms with Crippen molar-refractivity contribution in [3.8, 4) is 0 Å². The van der Waals surface area contributed by atoms with Crippen LogP contribution in [-0.4, -0.2) is 30.1 Å². The van der Waals surface area contributed by atoms with Gasteiger partial charge in [-0.3, -0.25) is 9.59 Å². The number of hydrogen-bond donors (Lipinski definition) is 1. The first-order chi connectivity index (χ1) is 16.1. The Kier molecular flexibility index (Phi) is 5.43. The van der Waals surface area contributed by atoms with Crippen LogP contribution in [0.15, 0.2) is 11.6 Å². The highest BCUT2D eigenvalue weighted by molar-refractivity contribution is 5.85. The van der Waals surface area contributed by atoms with Crippen LogP contribution in [0, 0.1) is 50.2 Å². The van der Waals surface area contributed by atoms with Gasteiger partial charge in [0.1, 0.15) is 5.78 Å². The van der Waals surface area contributed by atoms with Crippen molar-refractivity contribution in [3.63, 3.8) is 0 Å². The Labute approximate surface area is 212 Å². The van der Waals surface area contributed by atoms with Crippen molar-refractivity contribution in [1.82, 2.24) is 0 Å². The molecule has 0 aromatic heterocycles. The summed E-state index contributed by atoms with van der Waals surface area (Å²) < 4.78 is 5.22. The molecule has 0 aliphatic heterocycles. The molecule has 0 unspecified atom stereocenters. The van der Waals surface area contributed by atoms with E-state index in [4.69, 9.17) is 4.74 Å². The van der Waals surface area contributed by atoms with Gasteiger partial charge in [0.25, 0.3) is 0 Å². The highest BCUT2D eigenvalue weighted by atomic mass is 16.5. The molecular weight excluding hydrogens is 436 g/mol. The predicted molar refractivity (Wildman–Crippen MR) is 137 cm³/mol. The zero-order valence-electron chi connectivity index (χ0n) is 23.4. The Hall–Kier alpha value is -1.16. The number of rotatable bonds is 1. The van der Waals surface area contributed by atoms with Gasteiger partial charge in [-0.25, -0.2) is 0 Å². The van der Waals surface area contributed by atoms with E-state index < -0.39 is 11.5 Å². The van der Waals surface area contributed by atoms with Crippen LogP contribution in [0.3, 0.4) is 0 Å². The largest absolute Gasteiger partial charge is 0.469 e. The fourth-order valence-corrected chi connectivity index (χ4v) is 10.7. The van der Waals surface area contributed by atoms with Gasteiger partial charge in [0.05, 0.1) is 18.6 Å². The molecule has 0 aromatic rings. The van der Waals surface area contributed by atoms with E-state index in [1.165, 1.54) is 12.7 Å². The number of aliphatic hydroxyl groups is 1. The van der Waals surface area contributed by atoms with E-state index in [1.54, 1.807) is 0 Å². The van der Waals surface area contributed by atoms with E-state index in [9.17, 15) is 14.7 Å². The molecule has 0 bridgehead atoms. The third kappa shape index (κ3) is 3.01. The van der Waals surface area contributed by atoms with Gasteiger partial charge in [0, 0.05) is 17.3 Å². The van der Waals surface area contributed by atoms with Gasteiger partial charge in [0.2, 0.25) is 0 Å². The van der Waals surface area contributed by atoms with Crippen molar-refractivity contribution < 1.29 is 19.4 Å². The second-order valence-corrected chi connectivity index (χ2v) is 15.0. The molecule has 9 atom stereocenters. The minimum atomic E-state index is -0.646. The van der Waals surface area contributed by atoms with Crippen LogP contribution < -0.4 is 0 Å². The summed E-state index contributed by atoms with van der Waals surface area (Å²) in [6.45, 7) is 16.2. The van der Waals surface area contributed by atoms with Crippen molar-refractivity contribution in [2.24, 2.45) is 50.2 Å². The van der Waals surface area contributed by atoms with E-state index >= 15 is 0 Å². The van der Waals surface area contributed by atoms with Crippen LogP contribution in [-0.2, 0) is 14.3 Å². The third-order valence-electron chi connectivity index (χ3n) is 13.3. The minimum Gasteiger partial charge on any atom is -0.469 e. The number of ketones is 1. The van der Waals surface area contributed by atoms with Crippen LogP contribution in [0.1, 0.15) is 106 Å². The molecule has 0 heterocycles. The van der Waals surface area contributed by atoms with E-state index in [1.807, 2.05) is 6.92 Å². The molecule has 1 N–H and O–H groups in total. The molecule has 4 fully saturated rings. The average molecular weight is 485 g/mol. The number of hydrogen-bond acceptors (Lipinski definition) is 4. The number of carbonyl (C=O) groups is 2. The smallest absolute Gasteiger partial charge is 0.311 e. The van der Waals surface area contributed by atoms with Crippen LogP contribution in [0.2, 0.25) is 0 Å². The second kappa shape index (κ2) is 7.45. The molecule has 0 radical (unpaired) electrons. The maximum absolute atomic E-state index is 12.9. The number of methoxy groups -OCH3 is 1. The van der Waals surface area contributed by atoms with Crippen molar-refractivity contribution >= 4 is 11.8 Å². The molecule has 5 rings (SSSR count). The Balaban J connectivity index is 1.58. The number of ether oxygens (including phenoxy) is 1. The minimum absolute atomic E-state index is 0.0494. The number of fused-ring (bicyclic) bond motifs is 7. The summed E-state index contributed by atoms with van der Waals surface area (Å²) in [6.07, 6.45) is 10.4. The SMILES string of the molecule is COC(=O)[C@@]1(C)C[C@@H]2C3=CC[C@@H]4[C@@]5(C)CCC(=O)C(C)(C)[C@@H]5CC[C@@]4(C)[C@]3(C)CC[C@@]2(C)[C@@H](O)C1. The predicted octanol–water partition coefficient (Wildman–Crippen LogP) is 6.50. The molecule has 0 aromatic carbocycles. The number of esters is 1. The third-order valence-corrected chi connectivity index (χ3v) is 13.3. The lowest BCUT2D eigenvalue weighted by Gasteiger charge is -2.71. The number of allylic oxidation sites excluding steroid dienone is 2. The first kappa shape index (κ1) is 25.5. The quantitative estimate of drug-likeness (QED) is 0.341. The Morgan fingerprint density at radius 3 is 2.29 bits per heavy atom. The van der Waals surface area contributed by atoms with Gasteiger partial charge in [-0.2, -0.15) is 0 Å². The molecular formula is C31H48O4. The van der Waals surface area contributed by atoms with Gasteiger partial charge >= 0.3 is 5.97 Å². The maximum Gasteiger partial charge on any atom is 0.311 e. The number of aliphatic hydroxyl groups excluding tert-OH is 1. The molecule has 5 aliphatic rings. The summed E-state index contributed by atoms with van der Waals surface area (Å²) >= 11 is 0. The molecule has 196 valence electrons. The first-order valence-electron chi connectivity index (χ1n) is 14.1. The van der Waals surface area contributed by atoms with Gasteiger partial charge in [-0.1, -0.05) is 53.2 Å². The summed E-state index contributed by atoms with van der Waals surface area (Å²) in [7, 11) is 1.47. The standard InChI is InChI=1S/C31H48O4/c1-26(2)21-11-14-31(7)22(29(21,5)13-12-23(26)32)10-9-19-20-17-27(3,25(34)35-8)18-24(33)28(20,4)15-16-30(19,31)6/h9,20-22,24,33H,10-18H2,1-8H3/t20-,21+,22-,24+,27+,28-,29+,30-,31-/m1/s1. The normalized spacial score (nSPS) is 52.8. The van der Waals surface area contributed by atoms with Crippen LogP contribution >= 0.6 is 0 Å². The molecule has 4 heteroatoms. The zero-order chi connectivity index (χ0) is 25.8. The molecule has 0 saturated heterocycles. The lowest BCUT2D eigenvalue weighted by molar-refractivity contribution is -0.194. The monoisotopic (exact) mass is 484 g/mol. The Morgan fingerprint density at radius 2 is 1.63 bits per heavy atom. The van der Waals surface area contributed by atoms with Gasteiger partial charge in [-0.05, 0) is 92.3 Å². The molecule has 0 spiro atoms. The molecule has 4 saturated carbocycles. The topological polar surface area (TPSA) is 63.6 Å². The maximum atomic E-state index is 12.9. The zero-order valence-corrected chi connectivity index (χ0v) is 23.4. The summed E-state index contributed by atoms with van der Waals surface area (Å²) in [5, 5.41) is 11.4. The highest BCUT2D eigenvalue weighted by Gasteiger charge is 2.69. The lowest BCUT2D eigenvalue weighted by Crippen LogP contribution is -2.65. The van der Waals surface area contributed by atoms with E-state index in [2.05, 4.69) is 47.6 Å². The summed E-state index contributed by atoms with van der Waals surface area (Å²) in [6, 6.07) is 0. The van der Waals surface area contributed by atoms with E-state index in [0.717, 1.165) is 44.9 Å². The second-order valence-electron chi connectivity index (χ2n) is 15.0. The lowest BCUT2D eigenvalue weighted by atomic mass is 9.33. The highest BCUT2D eigenvalue weighted by Crippen LogP contribution is 2.75. The fourth-order valence-electron chi connectivity index (χ4n) is 10.7. The van der Waals surface area contributed by atoms with Crippen molar-refractivity contribution in [2.75, 3.05) is 7.11 Å². The van der Waals surface area contributed by atoms with Gasteiger partial charge in [0.15, 0.2) is 0 Å². The molecule has 0 amide bonds. The van der Waals surface area contributed by atoms with Gasteiger partial charge < -0.3 is 9.84 Å². The number of Topliss-reactive ketones (excluding diaryl/α,β-unsaturated/α-hetero) is 1. The van der Waals surface area contributed by atoms with Crippen molar-refractivity contribution in [3.05, 3.63) is 11.6 Å². The van der Waals surface area contributed by atoms with E-state index in [-0.39, 0.29) is 39.0 Å². The number of carbonyl (C=O) groups excluding carboxylic acids is 2. The van der Waals surface area contributed by atoms with Crippen molar-refractivity contribution in [1.29, 1.82) is 0 Å². The van der Waals surface area contributed by atoms with Crippen molar-refractivity contribution in [2.45, 2.75) is 112 Å². The molecule has 5 aliphatic carbocycles. The van der Waals surface area contributed by atoms with Gasteiger partial charge in [-0.15, -0.1) is 0 Å². The Bertz CT molecular complexity index is 980. The average Bonchev–Trinajstić information content (AvgIpc) is 2.78. The van der Waals surface area contributed by atoms with Crippen LogP contribution in [0.5, 0.6) is 0 Å². The van der Waals surface area contributed by atoms with E-state index in [0.29, 0.717) is 30.5 Å². The fraction of sp³-hybridized carbons (Fsp3) is 0.871. The van der Waals surface area contributed by atoms with Crippen LogP contribution in [0.4, 0.5) is 0 Å². The first-order valence-corrected chi connectivity index (χ1v) is 14.1. The molecule has 35 heavy (non-hydrogen) atoms. The summed E-state index contributed by atoms with van der Waals surface area (Å²) in [5.41, 5.74) is 0.808. The molecule has 4 nitrogen and oxygen atoms in total. The van der Waals surface area contributed by atoms with Crippen LogP contribution in [0.25, 0.3) is 0 Å². The Morgan fingerprint density at radius 1 is 0.943 bits per heavy atom.